The number of nitrogens with two attached hydrogens (primary N) is 1. The zero-order chi connectivity index (χ0) is 14.5. The molecular formula is C15H22ClN3O. The predicted octanol–water partition coefficient (Wildman–Crippen LogP) is 1.76. The van der Waals surface area contributed by atoms with Crippen LogP contribution >= 0.6 is 11.6 Å². The van der Waals surface area contributed by atoms with Gasteiger partial charge in [-0.05, 0) is 36.6 Å². The second-order valence-corrected chi connectivity index (χ2v) is 5.73. The Morgan fingerprint density at radius 1 is 1.55 bits per heavy atom. The minimum atomic E-state index is 0.0934. The Bertz CT molecular complexity index is 478. The molecule has 5 heteroatoms. The summed E-state index contributed by atoms with van der Waals surface area (Å²) in [4.78, 5) is 14.0. The van der Waals surface area contributed by atoms with Gasteiger partial charge in [-0.2, -0.15) is 0 Å². The fourth-order valence-corrected chi connectivity index (χ4v) is 2.97. The molecule has 1 fully saturated rings. The van der Waals surface area contributed by atoms with Crippen molar-refractivity contribution in [3.05, 3.63) is 34.3 Å². The van der Waals surface area contributed by atoms with Crippen molar-refractivity contribution in [3.63, 3.8) is 0 Å². The maximum Gasteiger partial charge on any atom is 0.224 e. The van der Waals surface area contributed by atoms with Gasteiger partial charge in [0.2, 0.25) is 5.91 Å². The van der Waals surface area contributed by atoms with Gasteiger partial charge in [-0.15, -0.1) is 0 Å². The first-order valence-corrected chi connectivity index (χ1v) is 7.43. The van der Waals surface area contributed by atoms with E-state index in [0.29, 0.717) is 6.54 Å². The fraction of sp³-hybridized carbons (Fsp3) is 0.533. The van der Waals surface area contributed by atoms with E-state index in [1.54, 1.807) is 7.05 Å². The summed E-state index contributed by atoms with van der Waals surface area (Å²) >= 11 is 6.29. The van der Waals surface area contributed by atoms with Crippen molar-refractivity contribution in [1.29, 1.82) is 0 Å². The third kappa shape index (κ3) is 3.72. The molecule has 0 radical (unpaired) electrons. The van der Waals surface area contributed by atoms with Crippen LogP contribution in [0.2, 0.25) is 5.02 Å². The molecule has 1 amide bonds. The molecule has 0 aromatic heterocycles. The summed E-state index contributed by atoms with van der Waals surface area (Å²) in [5.41, 5.74) is 7.75. The van der Waals surface area contributed by atoms with Gasteiger partial charge in [-0.1, -0.05) is 23.7 Å². The van der Waals surface area contributed by atoms with Crippen molar-refractivity contribution < 1.29 is 4.79 Å². The number of likely N-dealkylation sites (tertiary alicyclic amines) is 1. The lowest BCUT2D eigenvalue weighted by Crippen LogP contribution is -2.41. The smallest absolute Gasteiger partial charge is 0.224 e. The van der Waals surface area contributed by atoms with Crippen LogP contribution < -0.4 is 11.1 Å². The molecular weight excluding hydrogens is 274 g/mol. The van der Waals surface area contributed by atoms with Gasteiger partial charge in [0.1, 0.15) is 0 Å². The van der Waals surface area contributed by atoms with Gasteiger partial charge in [-0.3, -0.25) is 9.69 Å². The standard InChI is InChI=1S/C15H22ClN3O/c1-18-15(20)13-3-2-6-19(10-13)9-12-5-4-11(8-17)7-14(12)16/h4-5,7,13H,2-3,6,8-10,17H2,1H3,(H,18,20). The van der Waals surface area contributed by atoms with Gasteiger partial charge in [0, 0.05) is 31.7 Å². The number of carbonyl (C=O) groups is 1. The number of hydrogen-bond donors (Lipinski definition) is 2. The van der Waals surface area contributed by atoms with Gasteiger partial charge in [0.15, 0.2) is 0 Å². The SMILES string of the molecule is CNC(=O)C1CCCN(Cc2ccc(CN)cc2Cl)C1. The van der Waals surface area contributed by atoms with Crippen LogP contribution in [0.4, 0.5) is 0 Å². The number of hydrogen-bond acceptors (Lipinski definition) is 3. The lowest BCUT2D eigenvalue weighted by atomic mass is 9.96. The molecule has 1 heterocycles. The zero-order valence-electron chi connectivity index (χ0n) is 11.9. The van der Waals surface area contributed by atoms with Crippen LogP contribution in [-0.4, -0.2) is 30.9 Å². The van der Waals surface area contributed by atoms with Crippen LogP contribution in [0, 0.1) is 5.92 Å². The van der Waals surface area contributed by atoms with E-state index in [4.69, 9.17) is 17.3 Å². The van der Waals surface area contributed by atoms with Crippen molar-refractivity contribution in [2.75, 3.05) is 20.1 Å². The summed E-state index contributed by atoms with van der Waals surface area (Å²) in [6.07, 6.45) is 2.02. The number of benzene rings is 1. The van der Waals surface area contributed by atoms with Crippen molar-refractivity contribution in [1.82, 2.24) is 10.2 Å². The zero-order valence-corrected chi connectivity index (χ0v) is 12.6. The molecule has 3 N–H and O–H groups in total. The highest BCUT2D eigenvalue weighted by Crippen LogP contribution is 2.23. The second kappa shape index (κ2) is 7.07. The molecule has 1 aliphatic heterocycles. The van der Waals surface area contributed by atoms with E-state index in [-0.39, 0.29) is 11.8 Å². The van der Waals surface area contributed by atoms with E-state index in [1.165, 1.54) is 0 Å². The Morgan fingerprint density at radius 3 is 3.00 bits per heavy atom. The summed E-state index contributed by atoms with van der Waals surface area (Å²) in [7, 11) is 1.70. The van der Waals surface area contributed by atoms with Gasteiger partial charge in [0.05, 0.1) is 5.92 Å². The summed E-state index contributed by atoms with van der Waals surface area (Å²) in [5.74, 6) is 0.232. The van der Waals surface area contributed by atoms with Gasteiger partial charge < -0.3 is 11.1 Å². The first-order chi connectivity index (χ1) is 9.63. The molecule has 1 saturated heterocycles. The first-order valence-electron chi connectivity index (χ1n) is 7.05. The average Bonchev–Trinajstić information content (AvgIpc) is 2.48. The topological polar surface area (TPSA) is 58.4 Å². The normalized spacial score (nSPS) is 19.9. The maximum atomic E-state index is 11.7. The molecule has 0 spiro atoms. The number of halogens is 1. The molecule has 1 atom stereocenters. The Balaban J connectivity index is 2.00. The minimum Gasteiger partial charge on any atom is -0.359 e. The van der Waals surface area contributed by atoms with Gasteiger partial charge in [-0.25, -0.2) is 0 Å². The summed E-state index contributed by atoms with van der Waals surface area (Å²) < 4.78 is 0. The van der Waals surface area contributed by atoms with Crippen LogP contribution in [0.25, 0.3) is 0 Å². The lowest BCUT2D eigenvalue weighted by molar-refractivity contribution is -0.126. The molecule has 110 valence electrons. The molecule has 0 bridgehead atoms. The predicted molar refractivity (Wildman–Crippen MR) is 81.4 cm³/mol. The quantitative estimate of drug-likeness (QED) is 0.890. The van der Waals surface area contributed by atoms with E-state index in [1.807, 2.05) is 18.2 Å². The van der Waals surface area contributed by atoms with E-state index in [9.17, 15) is 4.79 Å². The number of amides is 1. The van der Waals surface area contributed by atoms with Crippen LogP contribution in [0.3, 0.4) is 0 Å². The van der Waals surface area contributed by atoms with E-state index in [2.05, 4.69) is 10.2 Å². The molecule has 4 nitrogen and oxygen atoms in total. The molecule has 1 aromatic carbocycles. The van der Waals surface area contributed by atoms with Gasteiger partial charge in [0.25, 0.3) is 0 Å². The molecule has 0 aliphatic carbocycles. The van der Waals surface area contributed by atoms with E-state index < -0.39 is 0 Å². The van der Waals surface area contributed by atoms with Crippen molar-refractivity contribution >= 4 is 17.5 Å². The average molecular weight is 296 g/mol. The van der Waals surface area contributed by atoms with E-state index >= 15 is 0 Å². The highest BCUT2D eigenvalue weighted by Gasteiger charge is 2.25. The van der Waals surface area contributed by atoms with Crippen LogP contribution in [0.15, 0.2) is 18.2 Å². The Kier molecular flexibility index (Phi) is 5.40. The largest absolute Gasteiger partial charge is 0.359 e. The van der Waals surface area contributed by atoms with Crippen molar-refractivity contribution in [3.8, 4) is 0 Å². The third-order valence-electron chi connectivity index (χ3n) is 3.87. The second-order valence-electron chi connectivity index (χ2n) is 5.32. The fourth-order valence-electron chi connectivity index (χ4n) is 2.70. The number of nitrogens with zero attached hydrogens (tertiary/aromatic N) is 1. The summed E-state index contributed by atoms with van der Waals surface area (Å²) in [5, 5.41) is 3.50. The Labute approximate surface area is 125 Å². The Morgan fingerprint density at radius 2 is 2.35 bits per heavy atom. The molecule has 1 aromatic rings. The number of rotatable bonds is 4. The molecule has 20 heavy (non-hydrogen) atoms. The highest BCUT2D eigenvalue weighted by molar-refractivity contribution is 6.31. The van der Waals surface area contributed by atoms with Crippen molar-refractivity contribution in [2.24, 2.45) is 11.7 Å². The number of nitrogens with one attached hydrogen (secondary N) is 1. The monoisotopic (exact) mass is 295 g/mol. The molecule has 0 saturated carbocycles. The molecule has 2 rings (SSSR count). The maximum absolute atomic E-state index is 11.7. The third-order valence-corrected chi connectivity index (χ3v) is 4.22. The lowest BCUT2D eigenvalue weighted by Gasteiger charge is -2.32. The van der Waals surface area contributed by atoms with Crippen LogP contribution in [-0.2, 0) is 17.9 Å². The van der Waals surface area contributed by atoms with Crippen LogP contribution in [0.5, 0.6) is 0 Å². The highest BCUT2D eigenvalue weighted by atomic mass is 35.5. The number of piperidine rings is 1. The molecule has 1 unspecified atom stereocenters. The number of carbonyl (C=O) groups excluding carboxylic acids is 1. The van der Waals surface area contributed by atoms with Gasteiger partial charge >= 0.3 is 0 Å². The summed E-state index contributed by atoms with van der Waals surface area (Å²) in [6.45, 7) is 3.11. The van der Waals surface area contributed by atoms with Crippen molar-refractivity contribution in [2.45, 2.75) is 25.9 Å². The van der Waals surface area contributed by atoms with E-state index in [0.717, 1.165) is 48.6 Å². The summed E-state index contributed by atoms with van der Waals surface area (Å²) in [6, 6.07) is 5.98. The minimum absolute atomic E-state index is 0.0934. The molecule has 1 aliphatic rings. The van der Waals surface area contributed by atoms with Crippen LogP contribution in [0.1, 0.15) is 24.0 Å². The Hall–Kier alpha value is -1.10. The first kappa shape index (κ1) is 15.3.